The zero-order chi connectivity index (χ0) is 15.0. The Morgan fingerprint density at radius 2 is 1.90 bits per heavy atom. The third-order valence-corrected chi connectivity index (χ3v) is 3.94. The first-order valence-corrected chi connectivity index (χ1v) is 7.75. The third-order valence-electron chi connectivity index (χ3n) is 3.94. The minimum Gasteiger partial charge on any atom is -0.494 e. The van der Waals surface area contributed by atoms with Gasteiger partial charge >= 0.3 is 0 Å². The Morgan fingerprint density at radius 3 is 2.55 bits per heavy atom. The zero-order valence-corrected chi connectivity index (χ0v) is 13.6. The van der Waals surface area contributed by atoms with E-state index in [2.05, 4.69) is 50.2 Å². The van der Waals surface area contributed by atoms with Gasteiger partial charge in [0, 0.05) is 30.7 Å². The second kappa shape index (κ2) is 8.98. The standard InChI is InChI=1S/C17H30N2O/c1-6-14(3)19(5)13-12-18-15(4)16-10-8-9-11-17(16)20-7-2/h8-11,14-15,18H,6-7,12-13H2,1-5H3. The van der Waals surface area contributed by atoms with Crippen LogP contribution in [-0.4, -0.2) is 37.7 Å². The molecule has 3 nitrogen and oxygen atoms in total. The molecule has 0 fully saturated rings. The molecule has 0 aromatic heterocycles. The predicted molar refractivity (Wildman–Crippen MR) is 86.4 cm³/mol. The molecule has 1 N–H and O–H groups in total. The van der Waals surface area contributed by atoms with Gasteiger partial charge in [-0.2, -0.15) is 0 Å². The summed E-state index contributed by atoms with van der Waals surface area (Å²) in [6.07, 6.45) is 1.19. The molecule has 0 radical (unpaired) electrons. The molecule has 1 aromatic carbocycles. The molecule has 0 bridgehead atoms. The number of hydrogen-bond donors (Lipinski definition) is 1. The quantitative estimate of drug-likeness (QED) is 0.748. The van der Waals surface area contributed by atoms with Crippen LogP contribution in [0.3, 0.4) is 0 Å². The van der Waals surface area contributed by atoms with E-state index in [1.165, 1.54) is 12.0 Å². The summed E-state index contributed by atoms with van der Waals surface area (Å²) >= 11 is 0. The highest BCUT2D eigenvalue weighted by atomic mass is 16.5. The van der Waals surface area contributed by atoms with Crippen molar-refractivity contribution in [2.75, 3.05) is 26.7 Å². The van der Waals surface area contributed by atoms with Crippen LogP contribution in [-0.2, 0) is 0 Å². The van der Waals surface area contributed by atoms with Crippen LogP contribution in [0.5, 0.6) is 5.75 Å². The van der Waals surface area contributed by atoms with Gasteiger partial charge in [-0.15, -0.1) is 0 Å². The van der Waals surface area contributed by atoms with E-state index < -0.39 is 0 Å². The van der Waals surface area contributed by atoms with E-state index in [1.807, 2.05) is 19.1 Å². The number of likely N-dealkylation sites (N-methyl/N-ethyl adjacent to an activating group) is 1. The number of para-hydroxylation sites is 1. The maximum atomic E-state index is 5.69. The lowest BCUT2D eigenvalue weighted by atomic mass is 10.1. The van der Waals surface area contributed by atoms with Crippen molar-refractivity contribution in [2.24, 2.45) is 0 Å². The Hall–Kier alpha value is -1.06. The molecule has 0 aliphatic heterocycles. The monoisotopic (exact) mass is 278 g/mol. The highest BCUT2D eigenvalue weighted by Crippen LogP contribution is 2.24. The van der Waals surface area contributed by atoms with E-state index >= 15 is 0 Å². The first kappa shape index (κ1) is 17.0. The summed E-state index contributed by atoms with van der Waals surface area (Å²) in [7, 11) is 2.19. The predicted octanol–water partition coefficient (Wildman–Crippen LogP) is 3.47. The lowest BCUT2D eigenvalue weighted by molar-refractivity contribution is 0.248. The number of nitrogens with one attached hydrogen (secondary N) is 1. The van der Waals surface area contributed by atoms with E-state index in [0.29, 0.717) is 18.7 Å². The molecule has 2 unspecified atom stereocenters. The van der Waals surface area contributed by atoms with Crippen LogP contribution in [0, 0.1) is 0 Å². The van der Waals surface area contributed by atoms with Crippen molar-refractivity contribution in [3.63, 3.8) is 0 Å². The minimum atomic E-state index is 0.308. The fourth-order valence-electron chi connectivity index (χ4n) is 2.22. The van der Waals surface area contributed by atoms with Crippen LogP contribution in [0.2, 0.25) is 0 Å². The maximum absolute atomic E-state index is 5.69. The van der Waals surface area contributed by atoms with Crippen LogP contribution < -0.4 is 10.1 Å². The lowest BCUT2D eigenvalue weighted by Crippen LogP contribution is -2.35. The summed E-state index contributed by atoms with van der Waals surface area (Å²) < 4.78 is 5.69. The van der Waals surface area contributed by atoms with Gasteiger partial charge in [0.1, 0.15) is 5.75 Å². The SMILES string of the molecule is CCOc1ccccc1C(C)NCCN(C)C(C)CC. The summed E-state index contributed by atoms with van der Waals surface area (Å²) in [4.78, 5) is 2.40. The molecular formula is C17H30N2O. The maximum Gasteiger partial charge on any atom is 0.124 e. The summed E-state index contributed by atoms with van der Waals surface area (Å²) in [6, 6.07) is 9.23. The highest BCUT2D eigenvalue weighted by Gasteiger charge is 2.11. The molecule has 114 valence electrons. The molecule has 0 amide bonds. The third kappa shape index (κ3) is 5.14. The second-order valence-corrected chi connectivity index (χ2v) is 5.38. The second-order valence-electron chi connectivity index (χ2n) is 5.38. The van der Waals surface area contributed by atoms with Crippen molar-refractivity contribution in [3.05, 3.63) is 29.8 Å². The average Bonchev–Trinajstić information content (AvgIpc) is 2.47. The lowest BCUT2D eigenvalue weighted by Gasteiger charge is -2.25. The Labute approximate surface area is 124 Å². The van der Waals surface area contributed by atoms with Crippen molar-refractivity contribution in [1.82, 2.24) is 10.2 Å². The Kier molecular flexibility index (Phi) is 7.63. The van der Waals surface area contributed by atoms with Crippen LogP contribution in [0.4, 0.5) is 0 Å². The van der Waals surface area contributed by atoms with Gasteiger partial charge in [-0.1, -0.05) is 25.1 Å². The molecule has 2 atom stereocenters. The molecule has 3 heteroatoms. The van der Waals surface area contributed by atoms with Gasteiger partial charge in [0.05, 0.1) is 6.61 Å². The van der Waals surface area contributed by atoms with Gasteiger partial charge < -0.3 is 15.0 Å². The number of benzene rings is 1. The van der Waals surface area contributed by atoms with E-state index in [-0.39, 0.29) is 0 Å². The topological polar surface area (TPSA) is 24.5 Å². The molecule has 0 aliphatic rings. The van der Waals surface area contributed by atoms with Crippen LogP contribution >= 0.6 is 0 Å². The number of nitrogens with zero attached hydrogens (tertiary/aromatic N) is 1. The minimum absolute atomic E-state index is 0.308. The number of hydrogen-bond acceptors (Lipinski definition) is 3. The van der Waals surface area contributed by atoms with E-state index in [0.717, 1.165) is 18.8 Å². The van der Waals surface area contributed by atoms with Crippen molar-refractivity contribution in [1.29, 1.82) is 0 Å². The number of rotatable bonds is 9. The summed E-state index contributed by atoms with van der Waals surface area (Å²) in [5.74, 6) is 0.991. The van der Waals surface area contributed by atoms with Crippen LogP contribution in [0.1, 0.15) is 45.7 Å². The van der Waals surface area contributed by atoms with Crippen molar-refractivity contribution in [3.8, 4) is 5.75 Å². The van der Waals surface area contributed by atoms with Crippen molar-refractivity contribution < 1.29 is 4.74 Å². The summed E-state index contributed by atoms with van der Waals surface area (Å²) in [5.41, 5.74) is 1.24. The van der Waals surface area contributed by atoms with E-state index in [9.17, 15) is 0 Å². The van der Waals surface area contributed by atoms with Gasteiger partial charge in [-0.25, -0.2) is 0 Å². The summed E-state index contributed by atoms with van der Waals surface area (Å²) in [6.45, 7) is 11.5. The van der Waals surface area contributed by atoms with Crippen molar-refractivity contribution in [2.45, 2.75) is 46.2 Å². The molecule has 0 spiro atoms. The molecule has 0 heterocycles. The van der Waals surface area contributed by atoms with Gasteiger partial charge in [0.2, 0.25) is 0 Å². The molecule has 0 saturated heterocycles. The zero-order valence-electron chi connectivity index (χ0n) is 13.6. The first-order valence-electron chi connectivity index (χ1n) is 7.75. The molecule has 1 rings (SSSR count). The fraction of sp³-hybridized carbons (Fsp3) is 0.647. The van der Waals surface area contributed by atoms with Gasteiger partial charge in [0.15, 0.2) is 0 Å². The highest BCUT2D eigenvalue weighted by molar-refractivity contribution is 5.35. The Bertz CT molecular complexity index is 381. The fourth-order valence-corrected chi connectivity index (χ4v) is 2.22. The average molecular weight is 278 g/mol. The molecule has 0 saturated carbocycles. The number of ether oxygens (including phenoxy) is 1. The van der Waals surface area contributed by atoms with Gasteiger partial charge in [-0.05, 0) is 40.3 Å². The summed E-state index contributed by atoms with van der Waals surface area (Å²) in [5, 5.41) is 3.59. The normalized spacial score (nSPS) is 14.3. The van der Waals surface area contributed by atoms with E-state index in [1.54, 1.807) is 0 Å². The molecule has 20 heavy (non-hydrogen) atoms. The molecular weight excluding hydrogens is 248 g/mol. The van der Waals surface area contributed by atoms with Crippen molar-refractivity contribution >= 4 is 0 Å². The molecule has 1 aromatic rings. The van der Waals surface area contributed by atoms with Gasteiger partial charge in [-0.3, -0.25) is 0 Å². The van der Waals surface area contributed by atoms with E-state index in [4.69, 9.17) is 4.74 Å². The van der Waals surface area contributed by atoms with Crippen LogP contribution in [0.25, 0.3) is 0 Å². The largest absolute Gasteiger partial charge is 0.494 e. The Balaban J connectivity index is 2.48. The smallest absolute Gasteiger partial charge is 0.124 e. The van der Waals surface area contributed by atoms with Gasteiger partial charge in [0.25, 0.3) is 0 Å². The first-order chi connectivity index (χ1) is 9.60. The Morgan fingerprint density at radius 1 is 1.20 bits per heavy atom. The van der Waals surface area contributed by atoms with Crippen LogP contribution in [0.15, 0.2) is 24.3 Å². The molecule has 0 aliphatic carbocycles.